The summed E-state index contributed by atoms with van der Waals surface area (Å²) in [5.41, 5.74) is 2.10. The van der Waals surface area contributed by atoms with E-state index in [9.17, 15) is 9.18 Å². The highest BCUT2D eigenvalue weighted by Crippen LogP contribution is 2.30. The van der Waals surface area contributed by atoms with E-state index in [0.717, 1.165) is 10.5 Å². The smallest absolute Gasteiger partial charge is 0.251 e. The summed E-state index contributed by atoms with van der Waals surface area (Å²) in [4.78, 5) is 17.7. The molecule has 2 heterocycles. The molecule has 2 aromatic carbocycles. The second kappa shape index (κ2) is 8.10. The van der Waals surface area contributed by atoms with Crippen LogP contribution in [0.25, 0.3) is 16.2 Å². The van der Waals surface area contributed by atoms with Gasteiger partial charge in [0.15, 0.2) is 4.96 Å². The number of hydrogen-bond acceptors (Lipinski definition) is 4. The first-order valence-electron chi connectivity index (χ1n) is 8.44. The molecule has 0 aliphatic heterocycles. The summed E-state index contributed by atoms with van der Waals surface area (Å²) in [6.45, 7) is 0.101. The van der Waals surface area contributed by atoms with E-state index in [-0.39, 0.29) is 24.9 Å². The van der Waals surface area contributed by atoms with Crippen LogP contribution < -0.4 is 5.32 Å². The van der Waals surface area contributed by atoms with Crippen LogP contribution in [-0.2, 0) is 16.1 Å². The minimum absolute atomic E-state index is 0.133. The Bertz CT molecular complexity index is 1120. The third-order valence-electron chi connectivity index (χ3n) is 4.09. The Morgan fingerprint density at radius 2 is 2.00 bits per heavy atom. The minimum atomic E-state index is -0.330. The van der Waals surface area contributed by atoms with Crippen molar-refractivity contribution >= 4 is 39.6 Å². The molecule has 0 atom stereocenters. The summed E-state index contributed by atoms with van der Waals surface area (Å²) in [6, 6.07) is 13.3. The molecule has 4 rings (SSSR count). The first-order valence-corrected chi connectivity index (χ1v) is 9.70. The van der Waals surface area contributed by atoms with Crippen molar-refractivity contribution in [3.63, 3.8) is 0 Å². The molecule has 2 aromatic heterocycles. The number of imidazole rings is 1. The molecule has 8 heteroatoms. The topological polar surface area (TPSA) is 55.6 Å². The Labute approximate surface area is 169 Å². The molecule has 1 N–H and O–H groups in total. The quantitative estimate of drug-likeness (QED) is 0.481. The van der Waals surface area contributed by atoms with Crippen molar-refractivity contribution in [1.82, 2.24) is 9.38 Å². The number of benzene rings is 2. The maximum Gasteiger partial charge on any atom is 0.251 e. The first kappa shape index (κ1) is 18.6. The van der Waals surface area contributed by atoms with Gasteiger partial charge in [0.1, 0.15) is 23.9 Å². The van der Waals surface area contributed by atoms with Gasteiger partial charge >= 0.3 is 0 Å². The van der Waals surface area contributed by atoms with Crippen molar-refractivity contribution in [2.75, 3.05) is 11.9 Å². The predicted molar refractivity (Wildman–Crippen MR) is 108 cm³/mol. The molecule has 0 fully saturated rings. The number of anilines is 1. The second-order valence-electron chi connectivity index (χ2n) is 6.00. The van der Waals surface area contributed by atoms with Crippen molar-refractivity contribution < 1.29 is 13.9 Å². The number of carbonyl (C=O) groups excluding carboxylic acids is 1. The van der Waals surface area contributed by atoms with Gasteiger partial charge in [0.2, 0.25) is 0 Å². The van der Waals surface area contributed by atoms with Gasteiger partial charge in [-0.05, 0) is 35.9 Å². The molecule has 0 unspecified atom stereocenters. The highest BCUT2D eigenvalue weighted by atomic mass is 35.5. The molecular formula is C20H15ClFN3O2S. The van der Waals surface area contributed by atoms with E-state index in [2.05, 4.69) is 10.3 Å². The van der Waals surface area contributed by atoms with E-state index >= 15 is 0 Å². The van der Waals surface area contributed by atoms with Crippen molar-refractivity contribution in [3.05, 3.63) is 76.5 Å². The maximum atomic E-state index is 13.2. The summed E-state index contributed by atoms with van der Waals surface area (Å²) in [5.74, 6) is -0.124. The lowest BCUT2D eigenvalue weighted by molar-refractivity contribution is -0.121. The van der Waals surface area contributed by atoms with Crippen molar-refractivity contribution in [1.29, 1.82) is 0 Å². The van der Waals surface area contributed by atoms with Crippen LogP contribution in [0, 0.1) is 5.82 Å². The zero-order chi connectivity index (χ0) is 19.5. The Kier molecular flexibility index (Phi) is 5.38. The van der Waals surface area contributed by atoms with E-state index in [1.54, 1.807) is 22.6 Å². The Balaban J connectivity index is 1.50. The third kappa shape index (κ3) is 3.91. The maximum absolute atomic E-state index is 13.2. The highest BCUT2D eigenvalue weighted by Gasteiger charge is 2.17. The number of carbonyl (C=O) groups is 1. The number of ether oxygens (including phenoxy) is 1. The van der Waals surface area contributed by atoms with Crippen LogP contribution in [0.4, 0.5) is 10.2 Å². The number of halogens is 2. The molecule has 0 aliphatic carbocycles. The van der Waals surface area contributed by atoms with Gasteiger partial charge in [0.25, 0.3) is 5.91 Å². The second-order valence-corrected chi connectivity index (χ2v) is 7.28. The number of fused-ring (bicyclic) bond motifs is 1. The molecule has 5 nitrogen and oxygen atoms in total. The van der Waals surface area contributed by atoms with Gasteiger partial charge in [-0.2, -0.15) is 0 Å². The van der Waals surface area contributed by atoms with E-state index < -0.39 is 0 Å². The largest absolute Gasteiger partial charge is 0.367 e. The lowest BCUT2D eigenvalue weighted by atomic mass is 10.1. The minimum Gasteiger partial charge on any atom is -0.367 e. The molecule has 142 valence electrons. The van der Waals surface area contributed by atoms with Crippen LogP contribution in [0.5, 0.6) is 0 Å². The number of rotatable bonds is 6. The third-order valence-corrected chi connectivity index (χ3v) is 5.21. The van der Waals surface area contributed by atoms with E-state index in [1.807, 2.05) is 29.8 Å². The van der Waals surface area contributed by atoms with Gasteiger partial charge in [0.05, 0.1) is 6.61 Å². The average molecular weight is 416 g/mol. The molecule has 0 saturated carbocycles. The fourth-order valence-corrected chi connectivity index (χ4v) is 3.66. The van der Waals surface area contributed by atoms with Crippen LogP contribution in [-0.4, -0.2) is 21.9 Å². The summed E-state index contributed by atoms with van der Waals surface area (Å²) in [5, 5.41) is 5.32. The SMILES string of the molecule is O=C(COCc1ccccc1Cl)Nc1c(-c2ccc(F)cc2)nc2sccn12. The van der Waals surface area contributed by atoms with Crippen LogP contribution in [0.1, 0.15) is 5.56 Å². The monoisotopic (exact) mass is 415 g/mol. The van der Waals surface area contributed by atoms with Crippen molar-refractivity contribution in [3.8, 4) is 11.3 Å². The highest BCUT2D eigenvalue weighted by molar-refractivity contribution is 7.15. The zero-order valence-electron chi connectivity index (χ0n) is 14.6. The van der Waals surface area contributed by atoms with Gasteiger partial charge in [-0.25, -0.2) is 9.37 Å². The molecule has 0 radical (unpaired) electrons. The number of nitrogens with one attached hydrogen (secondary N) is 1. The number of aromatic nitrogens is 2. The van der Waals surface area contributed by atoms with Crippen LogP contribution in [0.2, 0.25) is 5.02 Å². The summed E-state index contributed by atoms with van der Waals surface area (Å²) in [6.07, 6.45) is 1.82. The van der Waals surface area contributed by atoms with E-state index in [4.69, 9.17) is 16.3 Å². The molecule has 4 aromatic rings. The molecule has 0 aliphatic rings. The average Bonchev–Trinajstić information content (AvgIpc) is 3.27. The fourth-order valence-electron chi connectivity index (χ4n) is 2.75. The number of nitrogens with zero attached hydrogens (tertiary/aromatic N) is 2. The molecule has 28 heavy (non-hydrogen) atoms. The number of hydrogen-bond donors (Lipinski definition) is 1. The predicted octanol–water partition coefficient (Wildman–Crippen LogP) is 5.01. The van der Waals surface area contributed by atoms with Gasteiger partial charge in [0, 0.05) is 22.2 Å². The van der Waals surface area contributed by atoms with Gasteiger partial charge in [-0.3, -0.25) is 9.20 Å². The molecular weight excluding hydrogens is 401 g/mol. The Hall–Kier alpha value is -2.74. The van der Waals surface area contributed by atoms with Gasteiger partial charge in [-0.15, -0.1) is 11.3 Å². The van der Waals surface area contributed by atoms with Gasteiger partial charge in [-0.1, -0.05) is 29.8 Å². The van der Waals surface area contributed by atoms with Gasteiger partial charge < -0.3 is 10.1 Å². The Morgan fingerprint density at radius 1 is 1.21 bits per heavy atom. The summed E-state index contributed by atoms with van der Waals surface area (Å²) in [7, 11) is 0. The Morgan fingerprint density at radius 3 is 2.79 bits per heavy atom. The van der Waals surface area contributed by atoms with E-state index in [1.165, 1.54) is 23.5 Å². The van der Waals surface area contributed by atoms with Crippen LogP contribution in [0.3, 0.4) is 0 Å². The van der Waals surface area contributed by atoms with Crippen molar-refractivity contribution in [2.24, 2.45) is 0 Å². The molecule has 0 saturated heterocycles. The van der Waals surface area contributed by atoms with Crippen molar-refractivity contribution in [2.45, 2.75) is 6.61 Å². The van der Waals surface area contributed by atoms with Crippen LogP contribution in [0.15, 0.2) is 60.1 Å². The molecule has 1 amide bonds. The molecule has 0 bridgehead atoms. The number of thiazole rings is 1. The fraction of sp³-hybridized carbons (Fsp3) is 0.100. The lowest BCUT2D eigenvalue weighted by Gasteiger charge is -2.09. The summed E-state index contributed by atoms with van der Waals surface area (Å²) < 4.78 is 20.5. The van der Waals surface area contributed by atoms with E-state index in [0.29, 0.717) is 22.1 Å². The standard InChI is InChI=1S/C20H15ClFN3O2S/c21-16-4-2-1-3-14(16)11-27-12-17(26)23-19-18(13-5-7-15(22)8-6-13)24-20-25(19)9-10-28-20/h1-10H,11-12H2,(H,23,26). The molecule has 0 spiro atoms. The lowest BCUT2D eigenvalue weighted by Crippen LogP contribution is -2.19. The first-order chi connectivity index (χ1) is 13.6. The van der Waals surface area contributed by atoms with Crippen LogP contribution >= 0.6 is 22.9 Å². The normalized spacial score (nSPS) is 11.1. The summed E-state index contributed by atoms with van der Waals surface area (Å²) >= 11 is 7.53. The number of amides is 1. The zero-order valence-corrected chi connectivity index (χ0v) is 16.1.